The van der Waals surface area contributed by atoms with Crippen molar-refractivity contribution in [3.63, 3.8) is 0 Å². The molecule has 3 nitrogen and oxygen atoms in total. The highest BCUT2D eigenvalue weighted by Crippen LogP contribution is 2.24. The summed E-state index contributed by atoms with van der Waals surface area (Å²) >= 11 is 0. The minimum Gasteiger partial charge on any atom is -0.507 e. The molecule has 0 aliphatic carbocycles. The van der Waals surface area contributed by atoms with Gasteiger partial charge in [-0.2, -0.15) is 8.78 Å². The van der Waals surface area contributed by atoms with Crippen LogP contribution in [-0.4, -0.2) is 22.1 Å². The van der Waals surface area contributed by atoms with Gasteiger partial charge in [0.15, 0.2) is 0 Å². The van der Waals surface area contributed by atoms with Crippen molar-refractivity contribution in [1.82, 2.24) is 0 Å². The third-order valence-corrected chi connectivity index (χ3v) is 5.07. The fourth-order valence-corrected chi connectivity index (χ4v) is 3.39. The summed E-state index contributed by atoms with van der Waals surface area (Å²) in [6, 6.07) is 4.13. The van der Waals surface area contributed by atoms with E-state index in [2.05, 4.69) is 12.1 Å². The number of aryl methyl sites for hydroxylation is 3. The summed E-state index contributed by atoms with van der Waals surface area (Å²) in [7, 11) is 0. The van der Waals surface area contributed by atoms with E-state index in [0.717, 1.165) is 43.2 Å². The lowest BCUT2D eigenvalue weighted by molar-refractivity contribution is -0.165. The highest BCUT2D eigenvalue weighted by atomic mass is 19.3. The first-order valence-electron chi connectivity index (χ1n) is 10.1. The Labute approximate surface area is 161 Å². The molecular formula is C22H34F2O3. The molecular weight excluding hydrogens is 350 g/mol. The summed E-state index contributed by atoms with van der Waals surface area (Å²) in [5.74, 6) is -5.19. The molecule has 0 radical (unpaired) electrons. The highest BCUT2D eigenvalue weighted by molar-refractivity contribution is 5.75. The Bertz CT molecular complexity index is 562. The van der Waals surface area contributed by atoms with E-state index in [1.54, 1.807) is 0 Å². The number of phenols is 1. The van der Waals surface area contributed by atoms with Crippen LogP contribution in [0.1, 0.15) is 87.3 Å². The number of hydrogen-bond donors (Lipinski definition) is 2. The second-order valence-electron chi connectivity index (χ2n) is 7.62. The van der Waals surface area contributed by atoms with Crippen LogP contribution >= 0.6 is 0 Å². The lowest BCUT2D eigenvalue weighted by atomic mass is 10.00. The van der Waals surface area contributed by atoms with Crippen LogP contribution in [-0.2, 0) is 11.2 Å². The number of carbonyl (C=O) groups is 1. The molecule has 5 heteroatoms. The summed E-state index contributed by atoms with van der Waals surface area (Å²) in [5.41, 5.74) is 3.17. The zero-order chi connectivity index (χ0) is 20.3. The molecule has 0 saturated heterocycles. The third kappa shape index (κ3) is 9.21. The first-order valence-corrected chi connectivity index (χ1v) is 10.1. The van der Waals surface area contributed by atoms with Crippen molar-refractivity contribution in [2.24, 2.45) is 0 Å². The van der Waals surface area contributed by atoms with Crippen LogP contribution in [0, 0.1) is 13.8 Å². The topological polar surface area (TPSA) is 57.5 Å². The van der Waals surface area contributed by atoms with Crippen molar-refractivity contribution in [3.05, 3.63) is 28.8 Å². The van der Waals surface area contributed by atoms with Gasteiger partial charge < -0.3 is 10.2 Å². The van der Waals surface area contributed by atoms with E-state index in [4.69, 9.17) is 5.11 Å². The molecule has 2 N–H and O–H groups in total. The molecule has 0 atom stereocenters. The van der Waals surface area contributed by atoms with Gasteiger partial charge in [-0.05, 0) is 49.8 Å². The van der Waals surface area contributed by atoms with Gasteiger partial charge in [-0.15, -0.1) is 0 Å². The minimum atomic E-state index is -3.57. The molecule has 0 bridgehead atoms. The number of unbranched alkanes of at least 4 members (excludes halogenated alkanes) is 9. The van der Waals surface area contributed by atoms with Gasteiger partial charge in [-0.3, -0.25) is 0 Å². The van der Waals surface area contributed by atoms with E-state index in [-0.39, 0.29) is 6.42 Å². The maximum absolute atomic E-state index is 12.9. The second kappa shape index (κ2) is 11.9. The molecule has 1 rings (SSSR count). The van der Waals surface area contributed by atoms with Crippen LogP contribution in [0.15, 0.2) is 12.1 Å². The monoisotopic (exact) mass is 384 g/mol. The third-order valence-electron chi connectivity index (χ3n) is 5.07. The molecule has 0 aliphatic heterocycles. The Morgan fingerprint density at radius 3 is 1.70 bits per heavy atom. The zero-order valence-electron chi connectivity index (χ0n) is 16.7. The van der Waals surface area contributed by atoms with Crippen LogP contribution < -0.4 is 0 Å². The van der Waals surface area contributed by atoms with E-state index in [1.807, 2.05) is 13.8 Å². The largest absolute Gasteiger partial charge is 0.507 e. The molecule has 0 amide bonds. The second-order valence-corrected chi connectivity index (χ2v) is 7.62. The van der Waals surface area contributed by atoms with Crippen molar-refractivity contribution >= 4 is 5.97 Å². The number of carboxylic acid groups (broad SMARTS) is 1. The molecule has 1 aromatic rings. The van der Waals surface area contributed by atoms with Crippen LogP contribution in [0.25, 0.3) is 0 Å². The normalized spacial score (nSPS) is 11.7. The number of aromatic hydroxyl groups is 1. The predicted molar refractivity (Wildman–Crippen MR) is 105 cm³/mol. The molecule has 0 unspecified atom stereocenters. The number of hydrogen-bond acceptors (Lipinski definition) is 2. The van der Waals surface area contributed by atoms with Crippen LogP contribution in [0.3, 0.4) is 0 Å². The molecule has 0 aromatic heterocycles. The fourth-order valence-electron chi connectivity index (χ4n) is 3.39. The lowest BCUT2D eigenvalue weighted by Crippen LogP contribution is -2.27. The Hall–Kier alpha value is -1.65. The Kier molecular flexibility index (Phi) is 10.3. The van der Waals surface area contributed by atoms with E-state index < -0.39 is 18.3 Å². The fraction of sp³-hybridized carbons (Fsp3) is 0.682. The van der Waals surface area contributed by atoms with Gasteiger partial charge in [0.1, 0.15) is 5.75 Å². The van der Waals surface area contributed by atoms with Crippen molar-refractivity contribution < 1.29 is 23.8 Å². The van der Waals surface area contributed by atoms with E-state index >= 15 is 0 Å². The number of phenolic OH excluding ortho intramolecular Hbond substituents is 1. The average Bonchev–Trinajstić information content (AvgIpc) is 2.60. The summed E-state index contributed by atoms with van der Waals surface area (Å²) in [6.45, 7) is 3.87. The summed E-state index contributed by atoms with van der Waals surface area (Å²) < 4.78 is 25.8. The van der Waals surface area contributed by atoms with Gasteiger partial charge in [0.2, 0.25) is 0 Å². The maximum Gasteiger partial charge on any atom is 0.374 e. The Morgan fingerprint density at radius 2 is 1.26 bits per heavy atom. The van der Waals surface area contributed by atoms with Crippen LogP contribution in [0.2, 0.25) is 0 Å². The van der Waals surface area contributed by atoms with Gasteiger partial charge >= 0.3 is 11.9 Å². The predicted octanol–water partition coefficient (Wildman–Crippen LogP) is 6.56. The number of alkyl halides is 2. The number of aliphatic carboxylic acids is 1. The highest BCUT2D eigenvalue weighted by Gasteiger charge is 2.37. The summed E-state index contributed by atoms with van der Waals surface area (Å²) in [4.78, 5) is 10.3. The van der Waals surface area contributed by atoms with Gasteiger partial charge in [-0.25, -0.2) is 4.79 Å². The van der Waals surface area contributed by atoms with Crippen LogP contribution in [0.4, 0.5) is 8.78 Å². The number of halogens is 2. The Morgan fingerprint density at radius 1 is 0.852 bits per heavy atom. The van der Waals surface area contributed by atoms with Crippen LogP contribution in [0.5, 0.6) is 5.75 Å². The van der Waals surface area contributed by atoms with Gasteiger partial charge in [0, 0.05) is 6.42 Å². The Balaban J connectivity index is 1.96. The number of carboxylic acids is 1. The molecule has 0 aliphatic rings. The zero-order valence-corrected chi connectivity index (χ0v) is 16.7. The number of benzene rings is 1. The molecule has 0 fully saturated rings. The first kappa shape index (κ1) is 23.4. The average molecular weight is 385 g/mol. The van der Waals surface area contributed by atoms with Crippen molar-refractivity contribution in [2.75, 3.05) is 0 Å². The first-order chi connectivity index (χ1) is 12.7. The molecule has 27 heavy (non-hydrogen) atoms. The summed E-state index contributed by atoms with van der Waals surface area (Å²) in [5, 5.41) is 18.1. The lowest BCUT2D eigenvalue weighted by Gasteiger charge is -2.10. The smallest absolute Gasteiger partial charge is 0.374 e. The van der Waals surface area contributed by atoms with E-state index in [9.17, 15) is 18.7 Å². The SMILES string of the molecule is Cc1cc(CCCCCCCCCCCCC(F)(F)C(=O)O)cc(C)c1O. The molecule has 154 valence electrons. The molecule has 0 saturated carbocycles. The van der Waals surface area contributed by atoms with Crippen molar-refractivity contribution in [1.29, 1.82) is 0 Å². The number of rotatable bonds is 14. The minimum absolute atomic E-state index is 0.273. The molecule has 1 aromatic carbocycles. The van der Waals surface area contributed by atoms with Gasteiger partial charge in [-0.1, -0.05) is 63.5 Å². The van der Waals surface area contributed by atoms with Crippen molar-refractivity contribution in [2.45, 2.75) is 96.8 Å². The van der Waals surface area contributed by atoms with Gasteiger partial charge in [0.05, 0.1) is 0 Å². The molecule has 0 spiro atoms. The van der Waals surface area contributed by atoms with Crippen molar-refractivity contribution in [3.8, 4) is 5.75 Å². The maximum atomic E-state index is 12.9. The quantitative estimate of drug-likeness (QED) is 0.357. The summed E-state index contributed by atoms with van der Waals surface area (Å²) in [6.07, 6.45) is 10.4. The van der Waals surface area contributed by atoms with E-state index in [0.29, 0.717) is 12.2 Å². The molecule has 0 heterocycles. The van der Waals surface area contributed by atoms with E-state index in [1.165, 1.54) is 31.2 Å². The standard InChI is InChI=1S/C22H34F2O3/c1-17-15-19(16-18(2)20(17)25)13-11-9-7-5-3-4-6-8-10-12-14-22(23,24)21(26)27/h15-16,25H,3-14H2,1-2H3,(H,26,27). The van der Waals surface area contributed by atoms with Gasteiger partial charge in [0.25, 0.3) is 0 Å².